The lowest BCUT2D eigenvalue weighted by Crippen LogP contribution is -2.42. The number of amides is 1. The van der Waals surface area contributed by atoms with Crippen molar-refractivity contribution in [3.63, 3.8) is 0 Å². The van der Waals surface area contributed by atoms with Crippen molar-refractivity contribution in [2.24, 2.45) is 4.99 Å². The van der Waals surface area contributed by atoms with Gasteiger partial charge in [0.2, 0.25) is 5.91 Å². The van der Waals surface area contributed by atoms with Gasteiger partial charge in [-0.1, -0.05) is 15.9 Å². The fraction of sp³-hybridized carbons (Fsp3) is 0.467. The number of likely N-dealkylation sites (N-methyl/N-ethyl adjacent to an activating group) is 1. The highest BCUT2D eigenvalue weighted by atomic mass is 127. The molecule has 0 atom stereocenters. The van der Waals surface area contributed by atoms with Crippen molar-refractivity contribution in [3.05, 3.63) is 28.2 Å². The number of aliphatic imine (C=N–C) groups is 1. The smallest absolute Gasteiger partial charge is 0.387 e. The van der Waals surface area contributed by atoms with Crippen LogP contribution >= 0.6 is 39.9 Å². The molecule has 1 aromatic rings. The molecule has 0 aliphatic carbocycles. The first-order valence-corrected chi connectivity index (χ1v) is 8.08. The van der Waals surface area contributed by atoms with Gasteiger partial charge >= 0.3 is 6.61 Å². The second kappa shape index (κ2) is 12.2. The molecule has 0 aliphatic rings. The summed E-state index contributed by atoms with van der Waals surface area (Å²) in [6.45, 7) is -0.223. The third-order valence-corrected chi connectivity index (χ3v) is 3.39. The molecule has 0 saturated heterocycles. The average Bonchev–Trinajstić information content (AvgIpc) is 2.51. The molecule has 0 aromatic heterocycles. The van der Waals surface area contributed by atoms with E-state index in [2.05, 4.69) is 36.3 Å². The van der Waals surface area contributed by atoms with Crippen LogP contribution in [0.2, 0.25) is 0 Å². The first-order valence-electron chi connectivity index (χ1n) is 7.29. The van der Waals surface area contributed by atoms with Crippen LogP contribution in [0, 0.1) is 0 Å². The molecular weight excluding hydrogens is 513 g/mol. The van der Waals surface area contributed by atoms with E-state index < -0.39 is 6.61 Å². The van der Waals surface area contributed by atoms with E-state index in [1.807, 2.05) is 6.92 Å². The topological polar surface area (TPSA) is 66.0 Å². The molecule has 0 bridgehead atoms. The Morgan fingerprint density at radius 2 is 2.04 bits per heavy atom. The molecule has 0 fully saturated rings. The normalized spacial score (nSPS) is 10.9. The number of carbonyl (C=O) groups is 1. The first-order chi connectivity index (χ1) is 11.3. The number of carbonyl (C=O) groups excluding carboxylic acids is 1. The highest BCUT2D eigenvalue weighted by molar-refractivity contribution is 14.0. The first kappa shape index (κ1) is 23.8. The fourth-order valence-electron chi connectivity index (χ4n) is 1.71. The number of guanidine groups is 1. The molecule has 6 nitrogen and oxygen atoms in total. The lowest BCUT2D eigenvalue weighted by Gasteiger charge is -2.15. The van der Waals surface area contributed by atoms with Crippen molar-refractivity contribution >= 4 is 51.8 Å². The van der Waals surface area contributed by atoms with Gasteiger partial charge in [-0.05, 0) is 25.1 Å². The lowest BCUT2D eigenvalue weighted by molar-refractivity contribution is -0.127. The zero-order valence-corrected chi connectivity index (χ0v) is 18.1. The molecule has 0 spiro atoms. The number of nitrogens with zero attached hydrogens (tertiary/aromatic N) is 2. The lowest BCUT2D eigenvalue weighted by atomic mass is 10.2. The maximum atomic E-state index is 12.5. The molecule has 1 aromatic carbocycles. The minimum absolute atomic E-state index is 0. The Bertz CT molecular complexity index is 589. The molecule has 0 saturated carbocycles. The second-order valence-electron chi connectivity index (χ2n) is 4.97. The van der Waals surface area contributed by atoms with Gasteiger partial charge in [-0.3, -0.25) is 4.79 Å². The van der Waals surface area contributed by atoms with Gasteiger partial charge < -0.3 is 20.3 Å². The Hall–Kier alpha value is -1.17. The summed E-state index contributed by atoms with van der Waals surface area (Å²) in [6, 6.07) is 4.73. The highest BCUT2D eigenvalue weighted by Gasteiger charge is 2.11. The van der Waals surface area contributed by atoms with Gasteiger partial charge in [-0.25, -0.2) is 4.99 Å². The Morgan fingerprint density at radius 1 is 1.36 bits per heavy atom. The summed E-state index contributed by atoms with van der Waals surface area (Å²) in [5, 5.41) is 5.88. The summed E-state index contributed by atoms with van der Waals surface area (Å²) in [5.74, 6) is 0.373. The van der Waals surface area contributed by atoms with Crippen molar-refractivity contribution in [1.82, 2.24) is 15.5 Å². The molecule has 142 valence electrons. The van der Waals surface area contributed by atoms with Gasteiger partial charge in [-0.15, -0.1) is 24.0 Å². The van der Waals surface area contributed by atoms with Crippen molar-refractivity contribution in [3.8, 4) is 5.75 Å². The van der Waals surface area contributed by atoms with Crippen LogP contribution in [0.1, 0.15) is 12.5 Å². The van der Waals surface area contributed by atoms with Gasteiger partial charge in [0.15, 0.2) is 5.96 Å². The molecule has 1 rings (SSSR count). The van der Waals surface area contributed by atoms with E-state index in [1.54, 1.807) is 26.2 Å². The third kappa shape index (κ3) is 9.19. The zero-order valence-electron chi connectivity index (χ0n) is 14.2. The predicted octanol–water partition coefficient (Wildman–Crippen LogP) is 2.81. The third-order valence-electron chi connectivity index (χ3n) is 2.90. The van der Waals surface area contributed by atoms with Crippen LogP contribution in [0.3, 0.4) is 0 Å². The summed E-state index contributed by atoms with van der Waals surface area (Å²) in [5.41, 5.74) is 0.501. The number of rotatable bonds is 7. The monoisotopic (exact) mass is 534 g/mol. The van der Waals surface area contributed by atoms with E-state index in [9.17, 15) is 13.6 Å². The molecular formula is C15H22BrF2IN4O2. The molecule has 0 radical (unpaired) electrons. The number of hydrogen-bond acceptors (Lipinski definition) is 3. The van der Waals surface area contributed by atoms with E-state index >= 15 is 0 Å². The predicted molar refractivity (Wildman–Crippen MR) is 108 cm³/mol. The minimum atomic E-state index is -2.90. The van der Waals surface area contributed by atoms with Crippen LogP contribution in [-0.4, -0.2) is 50.6 Å². The fourth-order valence-corrected chi connectivity index (χ4v) is 2.11. The molecule has 0 unspecified atom stereocenters. The van der Waals surface area contributed by atoms with Crippen LogP contribution in [0.5, 0.6) is 5.75 Å². The van der Waals surface area contributed by atoms with Gasteiger partial charge in [0.25, 0.3) is 0 Å². The summed E-state index contributed by atoms with van der Waals surface area (Å²) in [4.78, 5) is 17.4. The molecule has 2 N–H and O–H groups in total. The maximum Gasteiger partial charge on any atom is 0.387 e. The number of ether oxygens (including phenoxy) is 1. The van der Waals surface area contributed by atoms with Crippen molar-refractivity contribution in [2.45, 2.75) is 20.1 Å². The number of halogens is 4. The number of hydrogen-bond donors (Lipinski definition) is 2. The van der Waals surface area contributed by atoms with E-state index in [0.717, 1.165) is 4.47 Å². The molecule has 0 heterocycles. The van der Waals surface area contributed by atoms with Gasteiger partial charge in [0.1, 0.15) is 5.75 Å². The summed E-state index contributed by atoms with van der Waals surface area (Å²) in [6.07, 6.45) is 0. The van der Waals surface area contributed by atoms with Crippen LogP contribution in [0.15, 0.2) is 27.7 Å². The Labute approximate surface area is 171 Å². The maximum absolute atomic E-state index is 12.5. The summed E-state index contributed by atoms with van der Waals surface area (Å²) < 4.78 is 30.2. The van der Waals surface area contributed by atoms with Crippen LogP contribution in [0.25, 0.3) is 0 Å². The number of alkyl halides is 2. The number of nitrogens with one attached hydrogen (secondary N) is 2. The standard InChI is InChI=1S/C15H21BrF2N4O2.HI/c1-4-19-15(21-9-13(23)22(2)3)20-8-10-7-11(16)5-6-12(10)24-14(17)18;/h5-7,14H,4,8-9H2,1-3H3,(H2,19,20,21);1H. The SMILES string of the molecule is CCNC(=NCc1cc(Br)ccc1OC(F)F)NCC(=O)N(C)C.I. The molecule has 10 heteroatoms. The quantitative estimate of drug-likeness (QED) is 0.321. The van der Waals surface area contributed by atoms with Crippen LogP contribution in [0.4, 0.5) is 8.78 Å². The van der Waals surface area contributed by atoms with E-state index in [1.165, 1.54) is 11.0 Å². The second-order valence-corrected chi connectivity index (χ2v) is 5.88. The number of benzene rings is 1. The zero-order chi connectivity index (χ0) is 18.1. The Balaban J connectivity index is 0.00000576. The average molecular weight is 535 g/mol. The van der Waals surface area contributed by atoms with Gasteiger partial charge in [0.05, 0.1) is 13.1 Å². The Morgan fingerprint density at radius 3 is 2.60 bits per heavy atom. The molecule has 1 amide bonds. The minimum Gasteiger partial charge on any atom is -0.434 e. The summed E-state index contributed by atoms with van der Waals surface area (Å²) >= 11 is 3.29. The van der Waals surface area contributed by atoms with E-state index in [-0.39, 0.29) is 48.7 Å². The highest BCUT2D eigenvalue weighted by Crippen LogP contribution is 2.25. The van der Waals surface area contributed by atoms with E-state index in [4.69, 9.17) is 0 Å². The van der Waals surface area contributed by atoms with E-state index in [0.29, 0.717) is 18.1 Å². The van der Waals surface area contributed by atoms with Gasteiger partial charge in [0, 0.05) is 30.7 Å². The van der Waals surface area contributed by atoms with Crippen molar-refractivity contribution in [2.75, 3.05) is 27.2 Å². The summed E-state index contributed by atoms with van der Waals surface area (Å²) in [7, 11) is 3.31. The van der Waals surface area contributed by atoms with Crippen molar-refractivity contribution in [1.29, 1.82) is 0 Å². The molecule has 0 aliphatic heterocycles. The van der Waals surface area contributed by atoms with Crippen LogP contribution < -0.4 is 15.4 Å². The van der Waals surface area contributed by atoms with Crippen LogP contribution in [-0.2, 0) is 11.3 Å². The largest absolute Gasteiger partial charge is 0.434 e. The van der Waals surface area contributed by atoms with Crippen molar-refractivity contribution < 1.29 is 18.3 Å². The Kier molecular flexibility index (Phi) is 11.7. The molecule has 25 heavy (non-hydrogen) atoms. The van der Waals surface area contributed by atoms with Gasteiger partial charge in [-0.2, -0.15) is 8.78 Å².